The van der Waals surface area contributed by atoms with Crippen LogP contribution in [0.15, 0.2) is 11.1 Å². The van der Waals surface area contributed by atoms with E-state index in [9.17, 15) is 4.79 Å². The SMILES string of the molecule is CCNC(=NCC(C)Cn1nc(C)cc1C)NCCCN1CCCCCC1=O. The minimum atomic E-state index is 0.316. The summed E-state index contributed by atoms with van der Waals surface area (Å²) in [4.78, 5) is 18.8. The van der Waals surface area contributed by atoms with Gasteiger partial charge in [-0.3, -0.25) is 14.5 Å². The van der Waals surface area contributed by atoms with Gasteiger partial charge in [0.25, 0.3) is 0 Å². The number of nitrogens with one attached hydrogen (secondary N) is 2. The number of hydrogen-bond donors (Lipinski definition) is 2. The van der Waals surface area contributed by atoms with Crippen LogP contribution in [0.3, 0.4) is 0 Å². The minimum absolute atomic E-state index is 0.316. The zero-order chi connectivity index (χ0) is 20.4. The lowest BCUT2D eigenvalue weighted by atomic mass is 10.2. The summed E-state index contributed by atoms with van der Waals surface area (Å²) in [7, 11) is 0. The van der Waals surface area contributed by atoms with E-state index < -0.39 is 0 Å². The maximum Gasteiger partial charge on any atom is 0.222 e. The van der Waals surface area contributed by atoms with Crippen LogP contribution in [0.2, 0.25) is 0 Å². The highest BCUT2D eigenvalue weighted by molar-refractivity contribution is 5.79. The monoisotopic (exact) mass is 390 g/mol. The molecule has 1 aliphatic heterocycles. The van der Waals surface area contributed by atoms with E-state index in [0.29, 0.717) is 18.2 Å². The molecule has 1 aromatic heterocycles. The van der Waals surface area contributed by atoms with Crippen LogP contribution < -0.4 is 10.6 Å². The van der Waals surface area contributed by atoms with Crippen molar-refractivity contribution in [1.29, 1.82) is 0 Å². The number of rotatable bonds is 9. The van der Waals surface area contributed by atoms with Crippen LogP contribution in [0.4, 0.5) is 0 Å². The van der Waals surface area contributed by atoms with E-state index in [0.717, 1.165) is 70.2 Å². The second-order valence-electron chi connectivity index (χ2n) is 7.91. The molecule has 28 heavy (non-hydrogen) atoms. The fraction of sp³-hybridized carbons (Fsp3) is 0.762. The van der Waals surface area contributed by atoms with Gasteiger partial charge >= 0.3 is 0 Å². The number of guanidine groups is 1. The van der Waals surface area contributed by atoms with Gasteiger partial charge in [0.15, 0.2) is 5.96 Å². The molecule has 1 atom stereocenters. The third-order valence-corrected chi connectivity index (χ3v) is 5.06. The Morgan fingerprint density at radius 2 is 2.11 bits per heavy atom. The summed E-state index contributed by atoms with van der Waals surface area (Å²) in [6.45, 7) is 13.4. The van der Waals surface area contributed by atoms with E-state index in [1.807, 2.05) is 11.8 Å². The van der Waals surface area contributed by atoms with Gasteiger partial charge in [-0.2, -0.15) is 5.10 Å². The number of carbonyl (C=O) groups is 1. The summed E-state index contributed by atoms with van der Waals surface area (Å²) in [5, 5.41) is 11.3. The van der Waals surface area contributed by atoms with Crippen molar-refractivity contribution in [2.24, 2.45) is 10.9 Å². The van der Waals surface area contributed by atoms with Gasteiger partial charge in [-0.1, -0.05) is 13.3 Å². The van der Waals surface area contributed by atoms with Gasteiger partial charge in [0, 0.05) is 51.4 Å². The second kappa shape index (κ2) is 11.7. The number of aliphatic imine (C=N–C) groups is 1. The molecule has 0 aliphatic carbocycles. The summed E-state index contributed by atoms with van der Waals surface area (Å²) in [5.41, 5.74) is 2.26. The highest BCUT2D eigenvalue weighted by atomic mass is 16.2. The lowest BCUT2D eigenvalue weighted by Gasteiger charge is -2.21. The van der Waals surface area contributed by atoms with Crippen LogP contribution in [0.25, 0.3) is 0 Å². The third-order valence-electron chi connectivity index (χ3n) is 5.06. The van der Waals surface area contributed by atoms with Crippen molar-refractivity contribution in [3.8, 4) is 0 Å². The Morgan fingerprint density at radius 3 is 2.82 bits per heavy atom. The van der Waals surface area contributed by atoms with Crippen LogP contribution in [0, 0.1) is 19.8 Å². The Bertz CT molecular complexity index is 639. The van der Waals surface area contributed by atoms with Gasteiger partial charge in [-0.25, -0.2) is 0 Å². The van der Waals surface area contributed by atoms with Crippen molar-refractivity contribution >= 4 is 11.9 Å². The Hall–Kier alpha value is -2.05. The first-order chi connectivity index (χ1) is 13.5. The summed E-state index contributed by atoms with van der Waals surface area (Å²) in [5.74, 6) is 1.57. The first-order valence-electron chi connectivity index (χ1n) is 10.8. The highest BCUT2D eigenvalue weighted by Crippen LogP contribution is 2.11. The van der Waals surface area contributed by atoms with E-state index in [-0.39, 0.29) is 0 Å². The van der Waals surface area contributed by atoms with E-state index in [1.165, 1.54) is 12.1 Å². The van der Waals surface area contributed by atoms with Crippen molar-refractivity contribution in [2.75, 3.05) is 32.7 Å². The van der Waals surface area contributed by atoms with Crippen LogP contribution >= 0.6 is 0 Å². The Balaban J connectivity index is 1.74. The number of aryl methyl sites for hydroxylation is 2. The van der Waals surface area contributed by atoms with Gasteiger partial charge in [0.1, 0.15) is 0 Å². The molecule has 1 unspecified atom stereocenters. The quantitative estimate of drug-likeness (QED) is 0.386. The first-order valence-corrected chi connectivity index (χ1v) is 10.8. The normalized spacial score (nSPS) is 16.8. The molecule has 1 fully saturated rings. The molecule has 0 bridgehead atoms. The largest absolute Gasteiger partial charge is 0.357 e. The molecule has 0 aromatic carbocycles. The van der Waals surface area contributed by atoms with Crippen molar-refractivity contribution in [3.05, 3.63) is 17.5 Å². The highest BCUT2D eigenvalue weighted by Gasteiger charge is 2.15. The summed E-state index contributed by atoms with van der Waals surface area (Å²) in [6.07, 6.45) is 5.01. The lowest BCUT2D eigenvalue weighted by molar-refractivity contribution is -0.130. The number of aromatic nitrogens is 2. The molecule has 2 N–H and O–H groups in total. The summed E-state index contributed by atoms with van der Waals surface area (Å²) < 4.78 is 2.06. The number of hydrogen-bond acceptors (Lipinski definition) is 3. The third kappa shape index (κ3) is 7.52. The molecule has 1 aromatic rings. The van der Waals surface area contributed by atoms with Crippen LogP contribution in [0.1, 0.15) is 57.3 Å². The molecular formula is C21H38N6O. The molecule has 2 rings (SSSR count). The molecule has 1 aliphatic rings. The van der Waals surface area contributed by atoms with Crippen molar-refractivity contribution in [3.63, 3.8) is 0 Å². The second-order valence-corrected chi connectivity index (χ2v) is 7.91. The maximum absolute atomic E-state index is 12.1. The van der Waals surface area contributed by atoms with Crippen molar-refractivity contribution in [1.82, 2.24) is 25.3 Å². The van der Waals surface area contributed by atoms with Crippen molar-refractivity contribution < 1.29 is 4.79 Å². The Morgan fingerprint density at radius 1 is 1.29 bits per heavy atom. The van der Waals surface area contributed by atoms with Gasteiger partial charge in [0.05, 0.1) is 5.69 Å². The molecule has 158 valence electrons. The predicted molar refractivity (Wildman–Crippen MR) is 115 cm³/mol. The molecule has 2 heterocycles. The minimum Gasteiger partial charge on any atom is -0.357 e. The lowest BCUT2D eigenvalue weighted by Crippen LogP contribution is -2.39. The molecular weight excluding hydrogens is 352 g/mol. The van der Waals surface area contributed by atoms with Crippen LogP contribution in [-0.4, -0.2) is 59.3 Å². The van der Waals surface area contributed by atoms with Crippen LogP contribution in [0.5, 0.6) is 0 Å². The molecule has 0 spiro atoms. The smallest absolute Gasteiger partial charge is 0.222 e. The first kappa shape index (κ1) is 22.2. The predicted octanol–water partition coefficient (Wildman–Crippen LogP) is 2.48. The topological polar surface area (TPSA) is 74.6 Å². The maximum atomic E-state index is 12.1. The van der Waals surface area contributed by atoms with Gasteiger partial charge in [-0.15, -0.1) is 0 Å². The number of amides is 1. The van der Waals surface area contributed by atoms with Gasteiger partial charge in [-0.05, 0) is 52.0 Å². The zero-order valence-corrected chi connectivity index (χ0v) is 18.1. The molecule has 0 saturated carbocycles. The molecule has 1 amide bonds. The van der Waals surface area contributed by atoms with Crippen LogP contribution in [-0.2, 0) is 11.3 Å². The fourth-order valence-corrected chi connectivity index (χ4v) is 3.55. The molecule has 7 nitrogen and oxygen atoms in total. The molecule has 0 radical (unpaired) electrons. The van der Waals surface area contributed by atoms with E-state index in [2.05, 4.69) is 47.3 Å². The molecule has 1 saturated heterocycles. The fourth-order valence-electron chi connectivity index (χ4n) is 3.55. The summed E-state index contributed by atoms with van der Waals surface area (Å²) in [6, 6.07) is 2.11. The molecule has 7 heteroatoms. The van der Waals surface area contributed by atoms with E-state index in [4.69, 9.17) is 4.99 Å². The average molecular weight is 391 g/mol. The van der Waals surface area contributed by atoms with Crippen molar-refractivity contribution in [2.45, 2.75) is 66.3 Å². The average Bonchev–Trinajstić information content (AvgIpc) is 2.84. The summed E-state index contributed by atoms with van der Waals surface area (Å²) >= 11 is 0. The Kier molecular flexibility index (Phi) is 9.31. The number of nitrogens with zero attached hydrogens (tertiary/aromatic N) is 4. The van der Waals surface area contributed by atoms with Gasteiger partial charge < -0.3 is 15.5 Å². The standard InChI is InChI=1S/C21H38N6O/c1-5-22-21(23-11-9-13-26-12-8-6-7-10-20(26)28)24-15-17(2)16-27-19(4)14-18(3)25-27/h14,17H,5-13,15-16H2,1-4H3,(H2,22,23,24). The zero-order valence-electron chi connectivity index (χ0n) is 18.1. The Labute approximate surface area is 170 Å². The number of carbonyl (C=O) groups excluding carboxylic acids is 1. The van der Waals surface area contributed by atoms with E-state index in [1.54, 1.807) is 0 Å². The number of likely N-dealkylation sites (tertiary alicyclic amines) is 1. The van der Waals surface area contributed by atoms with E-state index >= 15 is 0 Å². The van der Waals surface area contributed by atoms with Gasteiger partial charge in [0.2, 0.25) is 5.91 Å².